The average molecular weight is 723 g/mol. The Morgan fingerprint density at radius 3 is 1.02 bits per heavy atom. The van der Waals surface area contributed by atoms with Crippen LogP contribution in [0.15, 0.2) is 0 Å². The zero-order valence-electron chi connectivity index (χ0n) is 34.6. The number of carbonyl (C=O) groups excluding carboxylic acids is 3. The first-order chi connectivity index (χ1) is 24.9. The lowest BCUT2D eigenvalue weighted by Crippen LogP contribution is -2.30. The normalized spacial score (nSPS) is 12.5. The molecule has 0 heterocycles. The molecule has 2 atom stereocenters. The molecular formula is C45H86O6. The molecule has 1 unspecified atom stereocenters. The van der Waals surface area contributed by atoms with E-state index in [4.69, 9.17) is 14.2 Å². The molecule has 0 aromatic rings. The largest absolute Gasteiger partial charge is 0.462 e. The first kappa shape index (κ1) is 49.4. The molecule has 6 nitrogen and oxygen atoms in total. The lowest BCUT2D eigenvalue weighted by atomic mass is 9.99. The van der Waals surface area contributed by atoms with Crippen LogP contribution in [0.2, 0.25) is 0 Å². The smallest absolute Gasteiger partial charge is 0.306 e. The maximum atomic E-state index is 12.6. The Kier molecular flexibility index (Phi) is 38.4. The van der Waals surface area contributed by atoms with Crippen molar-refractivity contribution >= 4 is 17.9 Å². The summed E-state index contributed by atoms with van der Waals surface area (Å²) in [7, 11) is 0. The van der Waals surface area contributed by atoms with Crippen molar-refractivity contribution in [2.24, 2.45) is 5.92 Å². The number of hydrogen-bond donors (Lipinski definition) is 0. The van der Waals surface area contributed by atoms with Gasteiger partial charge in [0.2, 0.25) is 0 Å². The van der Waals surface area contributed by atoms with E-state index >= 15 is 0 Å². The lowest BCUT2D eigenvalue weighted by Gasteiger charge is -2.18. The van der Waals surface area contributed by atoms with Crippen LogP contribution in [0.25, 0.3) is 0 Å². The Labute approximate surface area is 317 Å². The van der Waals surface area contributed by atoms with E-state index in [9.17, 15) is 14.4 Å². The van der Waals surface area contributed by atoms with Crippen molar-refractivity contribution in [1.82, 2.24) is 0 Å². The molecule has 0 aromatic heterocycles. The molecule has 0 spiro atoms. The van der Waals surface area contributed by atoms with Crippen molar-refractivity contribution in [3.05, 3.63) is 0 Å². The van der Waals surface area contributed by atoms with Gasteiger partial charge in [0.25, 0.3) is 0 Å². The van der Waals surface area contributed by atoms with Crippen molar-refractivity contribution in [3.63, 3.8) is 0 Å². The molecule has 0 aliphatic rings. The monoisotopic (exact) mass is 723 g/mol. The van der Waals surface area contributed by atoms with E-state index in [1.165, 1.54) is 141 Å². The van der Waals surface area contributed by atoms with Gasteiger partial charge in [-0.25, -0.2) is 0 Å². The van der Waals surface area contributed by atoms with E-state index in [-0.39, 0.29) is 31.1 Å². The number of unbranched alkanes of at least 4 members (excludes halogenated alkanes) is 26. The van der Waals surface area contributed by atoms with E-state index in [1.807, 2.05) is 0 Å². The molecule has 0 rings (SSSR count). The number of esters is 3. The maximum Gasteiger partial charge on any atom is 0.306 e. The summed E-state index contributed by atoms with van der Waals surface area (Å²) in [4.78, 5) is 37.6. The van der Waals surface area contributed by atoms with Gasteiger partial charge in [0.15, 0.2) is 6.10 Å². The van der Waals surface area contributed by atoms with E-state index in [2.05, 4.69) is 27.7 Å². The summed E-state index contributed by atoms with van der Waals surface area (Å²) in [6.45, 7) is 8.97. The van der Waals surface area contributed by atoms with E-state index in [0.717, 1.165) is 63.7 Å². The van der Waals surface area contributed by atoms with Crippen LogP contribution in [-0.4, -0.2) is 37.2 Å². The standard InChI is InChI=1S/C45H86O6/c1-5-8-10-12-14-16-17-18-20-24-28-32-36-43(46)49-39-42(51-45(48)38-34-30-26-19-15-13-11-9-6-2)40-50-44(47)37-33-29-25-22-21-23-27-31-35-41(4)7-3/h41-42H,5-40H2,1-4H3/t41?,42-/m1/s1. The molecule has 0 N–H and O–H groups in total. The highest BCUT2D eigenvalue weighted by atomic mass is 16.6. The molecule has 0 aliphatic heterocycles. The van der Waals surface area contributed by atoms with Crippen LogP contribution in [0.3, 0.4) is 0 Å². The van der Waals surface area contributed by atoms with Crippen LogP contribution < -0.4 is 0 Å². The molecule has 0 aliphatic carbocycles. The minimum absolute atomic E-state index is 0.0643. The molecule has 0 amide bonds. The Bertz CT molecular complexity index is 768. The van der Waals surface area contributed by atoms with Gasteiger partial charge in [-0.05, 0) is 25.2 Å². The number of hydrogen-bond acceptors (Lipinski definition) is 6. The first-order valence-electron chi connectivity index (χ1n) is 22.4. The fraction of sp³-hybridized carbons (Fsp3) is 0.933. The van der Waals surface area contributed by atoms with Gasteiger partial charge in [0.05, 0.1) is 0 Å². The molecule has 51 heavy (non-hydrogen) atoms. The van der Waals surface area contributed by atoms with Crippen LogP contribution >= 0.6 is 0 Å². The molecule has 0 saturated heterocycles. The number of rotatable bonds is 40. The van der Waals surface area contributed by atoms with Crippen LogP contribution in [0.5, 0.6) is 0 Å². The first-order valence-corrected chi connectivity index (χ1v) is 22.4. The van der Waals surface area contributed by atoms with Crippen LogP contribution in [0.4, 0.5) is 0 Å². The topological polar surface area (TPSA) is 78.9 Å². The quantitative estimate of drug-likeness (QED) is 0.0356. The molecule has 0 radical (unpaired) electrons. The Hall–Kier alpha value is -1.59. The fourth-order valence-corrected chi connectivity index (χ4v) is 6.59. The highest BCUT2D eigenvalue weighted by Crippen LogP contribution is 2.16. The molecule has 0 fully saturated rings. The van der Waals surface area contributed by atoms with Crippen molar-refractivity contribution in [3.8, 4) is 0 Å². The lowest BCUT2D eigenvalue weighted by molar-refractivity contribution is -0.167. The molecule has 0 aromatic carbocycles. The van der Waals surface area contributed by atoms with E-state index in [1.54, 1.807) is 0 Å². The summed E-state index contributed by atoms with van der Waals surface area (Å²) in [5.41, 5.74) is 0. The Balaban J connectivity index is 4.32. The van der Waals surface area contributed by atoms with Gasteiger partial charge in [-0.2, -0.15) is 0 Å². The van der Waals surface area contributed by atoms with E-state index in [0.29, 0.717) is 19.3 Å². The predicted molar refractivity (Wildman–Crippen MR) is 215 cm³/mol. The Morgan fingerprint density at radius 1 is 0.392 bits per heavy atom. The van der Waals surface area contributed by atoms with Gasteiger partial charge in [-0.15, -0.1) is 0 Å². The van der Waals surface area contributed by atoms with Gasteiger partial charge in [0.1, 0.15) is 13.2 Å². The van der Waals surface area contributed by atoms with Crippen LogP contribution in [-0.2, 0) is 28.6 Å². The summed E-state index contributed by atoms with van der Waals surface area (Å²) in [5, 5.41) is 0. The van der Waals surface area contributed by atoms with Crippen molar-refractivity contribution in [2.45, 2.75) is 252 Å². The molecular weight excluding hydrogens is 636 g/mol. The third kappa shape index (κ3) is 38.0. The molecule has 6 heteroatoms. The fourth-order valence-electron chi connectivity index (χ4n) is 6.59. The maximum absolute atomic E-state index is 12.6. The zero-order chi connectivity index (χ0) is 37.5. The number of carbonyl (C=O) groups is 3. The van der Waals surface area contributed by atoms with Crippen molar-refractivity contribution in [1.29, 1.82) is 0 Å². The highest BCUT2D eigenvalue weighted by molar-refractivity contribution is 5.71. The van der Waals surface area contributed by atoms with Crippen molar-refractivity contribution < 1.29 is 28.6 Å². The van der Waals surface area contributed by atoms with Gasteiger partial charge in [0, 0.05) is 19.3 Å². The second kappa shape index (κ2) is 39.6. The van der Waals surface area contributed by atoms with Gasteiger partial charge >= 0.3 is 17.9 Å². The highest BCUT2D eigenvalue weighted by Gasteiger charge is 2.19. The minimum Gasteiger partial charge on any atom is -0.462 e. The van der Waals surface area contributed by atoms with Crippen LogP contribution in [0.1, 0.15) is 246 Å². The Morgan fingerprint density at radius 2 is 0.686 bits per heavy atom. The summed E-state index contributed by atoms with van der Waals surface area (Å²) in [6.07, 6.45) is 37.9. The minimum atomic E-state index is -0.758. The SMILES string of the molecule is CCCCCCCCCCCCCCC(=O)OC[C@H](COC(=O)CCCCCCCCCCC(C)CC)OC(=O)CCCCCCCCCCC. The molecule has 0 bridgehead atoms. The van der Waals surface area contributed by atoms with Crippen LogP contribution in [0, 0.1) is 5.92 Å². The van der Waals surface area contributed by atoms with Gasteiger partial charge in [-0.3, -0.25) is 14.4 Å². The van der Waals surface area contributed by atoms with Gasteiger partial charge < -0.3 is 14.2 Å². The second-order valence-corrected chi connectivity index (χ2v) is 15.6. The number of ether oxygens (including phenoxy) is 3. The summed E-state index contributed by atoms with van der Waals surface area (Å²) >= 11 is 0. The summed E-state index contributed by atoms with van der Waals surface area (Å²) in [6, 6.07) is 0. The third-order valence-electron chi connectivity index (χ3n) is 10.4. The second-order valence-electron chi connectivity index (χ2n) is 15.6. The summed E-state index contributed by atoms with van der Waals surface area (Å²) < 4.78 is 16.7. The molecule has 302 valence electrons. The predicted octanol–water partition coefficient (Wildman–Crippen LogP) is 13.9. The average Bonchev–Trinajstić information content (AvgIpc) is 3.13. The molecule has 0 saturated carbocycles. The zero-order valence-corrected chi connectivity index (χ0v) is 34.6. The van der Waals surface area contributed by atoms with Gasteiger partial charge in [-0.1, -0.05) is 207 Å². The van der Waals surface area contributed by atoms with E-state index < -0.39 is 6.10 Å². The summed E-state index contributed by atoms with van der Waals surface area (Å²) in [5.74, 6) is -0.0109. The third-order valence-corrected chi connectivity index (χ3v) is 10.4. The van der Waals surface area contributed by atoms with Crippen molar-refractivity contribution in [2.75, 3.05) is 13.2 Å².